The Morgan fingerprint density at radius 1 is 0.960 bits per heavy atom. The van der Waals surface area contributed by atoms with E-state index < -0.39 is 0 Å². The van der Waals surface area contributed by atoms with Crippen molar-refractivity contribution in [3.8, 4) is 0 Å². The van der Waals surface area contributed by atoms with Gasteiger partial charge in [0.1, 0.15) is 0 Å². The molecule has 0 aromatic heterocycles. The molecule has 2 aliphatic rings. The number of likely N-dealkylation sites (tertiary alicyclic amines) is 1. The molecule has 1 aromatic carbocycles. The summed E-state index contributed by atoms with van der Waals surface area (Å²) in [6.07, 6.45) is 2.34. The number of benzene rings is 1. The second-order valence-electron chi connectivity index (χ2n) is 7.99. The Balaban J connectivity index is 1.36. The maximum atomic E-state index is 12.1. The van der Waals surface area contributed by atoms with E-state index in [1.807, 2.05) is 13.8 Å². The van der Waals surface area contributed by atoms with Gasteiger partial charge in [0.2, 0.25) is 5.91 Å². The van der Waals surface area contributed by atoms with Crippen molar-refractivity contribution in [2.45, 2.75) is 33.2 Å². The average molecular weight is 344 g/mol. The van der Waals surface area contributed by atoms with Gasteiger partial charge in [-0.2, -0.15) is 0 Å². The molecule has 1 amide bonds. The summed E-state index contributed by atoms with van der Waals surface area (Å²) < 4.78 is 0. The molecule has 0 unspecified atom stereocenters. The van der Waals surface area contributed by atoms with Crippen LogP contribution in [0.5, 0.6) is 0 Å². The molecule has 4 nitrogen and oxygen atoms in total. The minimum absolute atomic E-state index is 0.134. The molecule has 0 radical (unpaired) electrons. The number of nitrogens with zero attached hydrogens (tertiary/aromatic N) is 3. The van der Waals surface area contributed by atoms with E-state index in [-0.39, 0.29) is 5.92 Å². The molecule has 0 aliphatic carbocycles. The number of piperidine rings is 1. The van der Waals surface area contributed by atoms with Crippen molar-refractivity contribution in [2.75, 3.05) is 45.8 Å². The highest BCUT2D eigenvalue weighted by Gasteiger charge is 2.26. The molecule has 3 rings (SSSR count). The summed E-state index contributed by atoms with van der Waals surface area (Å²) in [5.74, 6) is 1.22. The second-order valence-corrected chi connectivity index (χ2v) is 7.99. The van der Waals surface area contributed by atoms with Gasteiger partial charge in [0.15, 0.2) is 0 Å². The Morgan fingerprint density at radius 2 is 1.56 bits per heavy atom. The van der Waals surface area contributed by atoms with Gasteiger partial charge in [-0.1, -0.05) is 44.2 Å². The van der Waals surface area contributed by atoms with Crippen LogP contribution in [0, 0.1) is 11.8 Å². The zero-order chi connectivity index (χ0) is 17.6. The largest absolute Gasteiger partial charge is 0.342 e. The van der Waals surface area contributed by atoms with E-state index in [1.54, 1.807) is 0 Å². The third-order valence-corrected chi connectivity index (χ3v) is 5.65. The summed E-state index contributed by atoms with van der Waals surface area (Å²) in [5.41, 5.74) is 1.41. The number of rotatable bonds is 5. The predicted molar refractivity (Wildman–Crippen MR) is 102 cm³/mol. The van der Waals surface area contributed by atoms with Crippen LogP contribution in [0.3, 0.4) is 0 Å². The lowest BCUT2D eigenvalue weighted by atomic mass is 9.95. The summed E-state index contributed by atoms with van der Waals surface area (Å²) >= 11 is 0. The third-order valence-electron chi connectivity index (χ3n) is 5.65. The molecule has 0 N–H and O–H groups in total. The van der Waals surface area contributed by atoms with Gasteiger partial charge < -0.3 is 9.80 Å². The summed E-state index contributed by atoms with van der Waals surface area (Å²) in [6, 6.07) is 10.8. The molecule has 2 aliphatic heterocycles. The first-order chi connectivity index (χ1) is 12.1. The first-order valence-corrected chi connectivity index (χ1v) is 9.89. The molecule has 0 bridgehead atoms. The predicted octanol–water partition coefficient (Wildman–Crippen LogP) is 2.70. The van der Waals surface area contributed by atoms with E-state index in [0.717, 1.165) is 25.6 Å². The summed E-state index contributed by atoms with van der Waals surface area (Å²) in [4.78, 5) is 19.4. The van der Waals surface area contributed by atoms with Crippen molar-refractivity contribution < 1.29 is 4.79 Å². The number of hydrogen-bond acceptors (Lipinski definition) is 3. The number of hydrogen-bond donors (Lipinski definition) is 0. The molecule has 25 heavy (non-hydrogen) atoms. The quantitative estimate of drug-likeness (QED) is 0.822. The monoisotopic (exact) mass is 343 g/mol. The first kappa shape index (κ1) is 18.4. The summed E-state index contributed by atoms with van der Waals surface area (Å²) in [7, 11) is 0. The van der Waals surface area contributed by atoms with Crippen LogP contribution in [0.1, 0.15) is 32.3 Å². The summed E-state index contributed by atoms with van der Waals surface area (Å²) in [5, 5.41) is 0. The Bertz CT molecular complexity index is 529. The zero-order valence-electron chi connectivity index (χ0n) is 15.9. The Labute approximate surface area is 152 Å². The normalized spacial score (nSPS) is 21.0. The molecule has 2 saturated heterocycles. The van der Waals surface area contributed by atoms with Gasteiger partial charge in [-0.3, -0.25) is 9.69 Å². The minimum atomic E-state index is 0.134. The van der Waals surface area contributed by atoms with Crippen molar-refractivity contribution in [3.63, 3.8) is 0 Å². The van der Waals surface area contributed by atoms with E-state index in [0.29, 0.717) is 5.91 Å². The molecule has 138 valence electrons. The number of piperazine rings is 1. The molecule has 2 heterocycles. The molecule has 2 fully saturated rings. The van der Waals surface area contributed by atoms with Crippen LogP contribution >= 0.6 is 0 Å². The van der Waals surface area contributed by atoms with Crippen molar-refractivity contribution in [1.29, 1.82) is 0 Å². The number of amides is 1. The fourth-order valence-corrected chi connectivity index (χ4v) is 4.04. The van der Waals surface area contributed by atoms with E-state index >= 15 is 0 Å². The molecule has 0 spiro atoms. The molecular formula is C21H33N3O. The Hall–Kier alpha value is -1.39. The van der Waals surface area contributed by atoms with Crippen molar-refractivity contribution >= 4 is 5.91 Å². The molecule has 0 atom stereocenters. The zero-order valence-corrected chi connectivity index (χ0v) is 15.9. The minimum Gasteiger partial charge on any atom is -0.342 e. The average Bonchev–Trinajstić information content (AvgIpc) is 2.64. The van der Waals surface area contributed by atoms with Gasteiger partial charge in [-0.25, -0.2) is 0 Å². The first-order valence-electron chi connectivity index (χ1n) is 9.89. The lowest BCUT2D eigenvalue weighted by Gasteiger charge is -2.39. The van der Waals surface area contributed by atoms with E-state index in [2.05, 4.69) is 45.0 Å². The van der Waals surface area contributed by atoms with Crippen molar-refractivity contribution in [3.05, 3.63) is 35.9 Å². The SMILES string of the molecule is CC(C)C(=O)N1CCC(CN2CCN(Cc3ccccc3)CC2)CC1. The fraction of sp³-hybridized carbons (Fsp3) is 0.667. The van der Waals surface area contributed by atoms with Crippen LogP contribution in [0.15, 0.2) is 30.3 Å². The van der Waals surface area contributed by atoms with Crippen LogP contribution in [-0.4, -0.2) is 66.4 Å². The highest BCUT2D eigenvalue weighted by atomic mass is 16.2. The van der Waals surface area contributed by atoms with Gasteiger partial charge in [-0.15, -0.1) is 0 Å². The lowest BCUT2D eigenvalue weighted by Crippen LogP contribution is -2.49. The van der Waals surface area contributed by atoms with Crippen molar-refractivity contribution in [1.82, 2.24) is 14.7 Å². The van der Waals surface area contributed by atoms with Gasteiger partial charge in [-0.05, 0) is 24.3 Å². The molecule has 0 saturated carbocycles. The van der Waals surface area contributed by atoms with Gasteiger partial charge in [0, 0.05) is 58.3 Å². The van der Waals surface area contributed by atoms with E-state index in [4.69, 9.17) is 0 Å². The molecular weight excluding hydrogens is 310 g/mol. The third kappa shape index (κ3) is 5.29. The Morgan fingerprint density at radius 3 is 2.16 bits per heavy atom. The van der Waals surface area contributed by atoms with Gasteiger partial charge in [0.25, 0.3) is 0 Å². The lowest BCUT2D eigenvalue weighted by molar-refractivity contribution is -0.135. The van der Waals surface area contributed by atoms with E-state index in [9.17, 15) is 4.79 Å². The second kappa shape index (κ2) is 8.81. The smallest absolute Gasteiger partial charge is 0.225 e. The Kier molecular flexibility index (Phi) is 6.49. The van der Waals surface area contributed by atoms with Gasteiger partial charge in [0.05, 0.1) is 0 Å². The molecule has 4 heteroatoms. The maximum Gasteiger partial charge on any atom is 0.225 e. The van der Waals surface area contributed by atoms with Crippen LogP contribution in [0.25, 0.3) is 0 Å². The van der Waals surface area contributed by atoms with Crippen LogP contribution in [-0.2, 0) is 11.3 Å². The van der Waals surface area contributed by atoms with Crippen LogP contribution in [0.4, 0.5) is 0 Å². The summed E-state index contributed by atoms with van der Waals surface area (Å²) in [6.45, 7) is 12.9. The maximum absolute atomic E-state index is 12.1. The van der Waals surface area contributed by atoms with E-state index in [1.165, 1.54) is 51.1 Å². The topological polar surface area (TPSA) is 26.8 Å². The number of carbonyl (C=O) groups excluding carboxylic acids is 1. The number of carbonyl (C=O) groups is 1. The van der Waals surface area contributed by atoms with Crippen molar-refractivity contribution in [2.24, 2.45) is 11.8 Å². The van der Waals surface area contributed by atoms with Gasteiger partial charge >= 0.3 is 0 Å². The molecule has 1 aromatic rings. The van der Waals surface area contributed by atoms with Crippen LogP contribution in [0.2, 0.25) is 0 Å². The standard InChI is InChI=1S/C21H33N3O/c1-18(2)21(25)24-10-8-20(9-11-24)17-23-14-12-22(13-15-23)16-19-6-4-3-5-7-19/h3-7,18,20H,8-17H2,1-2H3. The fourth-order valence-electron chi connectivity index (χ4n) is 4.04. The highest BCUT2D eigenvalue weighted by Crippen LogP contribution is 2.21. The highest BCUT2D eigenvalue weighted by molar-refractivity contribution is 5.78. The van der Waals surface area contributed by atoms with Crippen LogP contribution < -0.4 is 0 Å².